The number of para-hydroxylation sites is 2. The summed E-state index contributed by atoms with van der Waals surface area (Å²) in [6, 6.07) is 16.0. The fraction of sp³-hybridized carbons (Fsp3) is 0.478. The molecule has 3 aliphatic rings. The average Bonchev–Trinajstić information content (AvgIpc) is 2.98. The van der Waals surface area contributed by atoms with E-state index in [2.05, 4.69) is 10.2 Å². The Labute approximate surface area is 165 Å². The van der Waals surface area contributed by atoms with Crippen LogP contribution in [0.5, 0.6) is 11.5 Å². The van der Waals surface area contributed by atoms with Crippen LogP contribution in [-0.4, -0.2) is 37.9 Å². The van der Waals surface area contributed by atoms with E-state index >= 15 is 0 Å². The van der Waals surface area contributed by atoms with Crippen LogP contribution in [0.4, 0.5) is 10.1 Å². The van der Waals surface area contributed by atoms with Gasteiger partial charge in [0.15, 0.2) is 11.5 Å². The summed E-state index contributed by atoms with van der Waals surface area (Å²) in [6.45, 7) is 2.40. The van der Waals surface area contributed by atoms with E-state index in [9.17, 15) is 4.39 Å². The zero-order chi connectivity index (χ0) is 18.9. The molecule has 2 fully saturated rings. The predicted octanol–water partition coefficient (Wildman–Crippen LogP) is 4.00. The van der Waals surface area contributed by atoms with Crippen molar-refractivity contribution in [3.63, 3.8) is 0 Å². The summed E-state index contributed by atoms with van der Waals surface area (Å²) in [5.41, 5.74) is 1.05. The van der Waals surface area contributed by atoms with Crippen LogP contribution in [0.3, 0.4) is 0 Å². The van der Waals surface area contributed by atoms with Crippen LogP contribution in [0.1, 0.15) is 25.7 Å². The van der Waals surface area contributed by atoms with Crippen molar-refractivity contribution in [1.82, 2.24) is 5.32 Å². The molecule has 2 bridgehead atoms. The first kappa shape index (κ1) is 17.8. The van der Waals surface area contributed by atoms with Crippen molar-refractivity contribution in [2.24, 2.45) is 5.92 Å². The standard InChI is InChI=1S/C23H27FN2O2/c24-17-4-3-5-18(12-17)26-19-8-9-20(26)11-16(10-19)13-25-14-21-15-27-22-6-1-2-7-23(22)28-21/h1-7,12,16,19-21,25H,8-11,13-15H2. The van der Waals surface area contributed by atoms with Gasteiger partial charge < -0.3 is 19.7 Å². The molecule has 4 nitrogen and oxygen atoms in total. The third-order valence-electron chi connectivity index (χ3n) is 6.31. The highest BCUT2D eigenvalue weighted by Crippen LogP contribution is 2.41. The first-order valence-corrected chi connectivity index (χ1v) is 10.4. The van der Waals surface area contributed by atoms with Crippen molar-refractivity contribution in [3.05, 3.63) is 54.3 Å². The summed E-state index contributed by atoms with van der Waals surface area (Å²) >= 11 is 0. The minimum absolute atomic E-state index is 0.0546. The van der Waals surface area contributed by atoms with E-state index in [1.54, 1.807) is 6.07 Å². The topological polar surface area (TPSA) is 33.7 Å². The number of ether oxygens (including phenoxy) is 2. The van der Waals surface area contributed by atoms with Crippen LogP contribution in [0.15, 0.2) is 48.5 Å². The molecule has 3 unspecified atom stereocenters. The monoisotopic (exact) mass is 382 g/mol. The van der Waals surface area contributed by atoms with Gasteiger partial charge in [-0.2, -0.15) is 0 Å². The molecule has 0 saturated carbocycles. The summed E-state index contributed by atoms with van der Waals surface area (Å²) in [7, 11) is 0. The van der Waals surface area contributed by atoms with E-state index in [1.807, 2.05) is 36.4 Å². The van der Waals surface area contributed by atoms with E-state index in [1.165, 1.54) is 31.7 Å². The maximum atomic E-state index is 13.7. The van der Waals surface area contributed by atoms with Crippen molar-refractivity contribution < 1.29 is 13.9 Å². The van der Waals surface area contributed by atoms with Gasteiger partial charge in [0.05, 0.1) is 0 Å². The Morgan fingerprint density at radius 3 is 2.54 bits per heavy atom. The normalized spacial score (nSPS) is 28.4. The van der Waals surface area contributed by atoms with Crippen molar-refractivity contribution in [1.29, 1.82) is 0 Å². The highest BCUT2D eigenvalue weighted by Gasteiger charge is 2.40. The van der Waals surface area contributed by atoms with Crippen LogP contribution in [-0.2, 0) is 0 Å². The number of benzene rings is 2. The third-order valence-corrected chi connectivity index (χ3v) is 6.31. The van der Waals surface area contributed by atoms with Gasteiger partial charge >= 0.3 is 0 Å². The smallest absolute Gasteiger partial charge is 0.161 e. The van der Waals surface area contributed by atoms with Crippen molar-refractivity contribution in [3.8, 4) is 11.5 Å². The van der Waals surface area contributed by atoms with Gasteiger partial charge in [0.2, 0.25) is 0 Å². The van der Waals surface area contributed by atoms with E-state index in [4.69, 9.17) is 9.47 Å². The average molecular weight is 382 g/mol. The zero-order valence-electron chi connectivity index (χ0n) is 16.0. The molecule has 1 N–H and O–H groups in total. The van der Waals surface area contributed by atoms with Crippen LogP contribution in [0, 0.1) is 11.7 Å². The van der Waals surface area contributed by atoms with Gasteiger partial charge in [-0.05, 0) is 68.5 Å². The summed E-state index contributed by atoms with van der Waals surface area (Å²) < 4.78 is 25.5. The fourth-order valence-corrected chi connectivity index (χ4v) is 5.13. The lowest BCUT2D eigenvalue weighted by molar-refractivity contribution is 0.0892. The maximum Gasteiger partial charge on any atom is 0.161 e. The summed E-state index contributed by atoms with van der Waals surface area (Å²) in [5, 5.41) is 3.60. The molecule has 3 heterocycles. The molecular weight excluding hydrogens is 355 g/mol. The molecule has 28 heavy (non-hydrogen) atoms. The van der Waals surface area contributed by atoms with Gasteiger partial charge in [-0.25, -0.2) is 4.39 Å². The van der Waals surface area contributed by atoms with Gasteiger partial charge in [0.1, 0.15) is 18.5 Å². The molecule has 0 amide bonds. The number of piperidine rings is 1. The highest BCUT2D eigenvalue weighted by molar-refractivity contribution is 5.50. The van der Waals surface area contributed by atoms with E-state index in [0.29, 0.717) is 24.6 Å². The Hall–Kier alpha value is -2.27. The van der Waals surface area contributed by atoms with Crippen LogP contribution < -0.4 is 19.7 Å². The lowest BCUT2D eigenvalue weighted by Crippen LogP contribution is -2.46. The number of hydrogen-bond acceptors (Lipinski definition) is 4. The lowest BCUT2D eigenvalue weighted by atomic mass is 9.90. The van der Waals surface area contributed by atoms with Crippen molar-refractivity contribution in [2.45, 2.75) is 43.9 Å². The second-order valence-corrected chi connectivity index (χ2v) is 8.27. The Morgan fingerprint density at radius 2 is 1.75 bits per heavy atom. The Kier molecular flexibility index (Phi) is 4.85. The lowest BCUT2D eigenvalue weighted by Gasteiger charge is -2.41. The maximum absolute atomic E-state index is 13.7. The number of fused-ring (bicyclic) bond motifs is 3. The third kappa shape index (κ3) is 3.55. The van der Waals surface area contributed by atoms with Crippen LogP contribution in [0.25, 0.3) is 0 Å². The predicted molar refractivity (Wildman–Crippen MR) is 108 cm³/mol. The number of nitrogens with one attached hydrogen (secondary N) is 1. The minimum atomic E-state index is -0.142. The second kappa shape index (κ2) is 7.63. The molecule has 0 aromatic heterocycles. The SMILES string of the molecule is Fc1cccc(N2C3CCC2CC(CNCC2COc4ccccc4O2)C3)c1. The molecule has 148 valence electrons. The summed E-state index contributed by atoms with van der Waals surface area (Å²) in [5.74, 6) is 2.19. The molecule has 0 radical (unpaired) electrons. The first-order valence-electron chi connectivity index (χ1n) is 10.4. The molecule has 2 aromatic rings. The Bertz CT molecular complexity index is 816. The Morgan fingerprint density at radius 1 is 0.964 bits per heavy atom. The molecule has 0 aliphatic carbocycles. The highest BCUT2D eigenvalue weighted by atomic mass is 19.1. The summed E-state index contributed by atoms with van der Waals surface area (Å²) in [6.07, 6.45) is 4.83. The Balaban J connectivity index is 1.13. The largest absolute Gasteiger partial charge is 0.486 e. The van der Waals surface area contributed by atoms with E-state index in [-0.39, 0.29) is 11.9 Å². The molecule has 5 rings (SSSR count). The fourth-order valence-electron chi connectivity index (χ4n) is 5.13. The number of hydrogen-bond donors (Lipinski definition) is 1. The quantitative estimate of drug-likeness (QED) is 0.847. The van der Waals surface area contributed by atoms with Gasteiger partial charge in [-0.3, -0.25) is 0 Å². The number of nitrogens with zero attached hydrogens (tertiary/aromatic N) is 1. The summed E-state index contributed by atoms with van der Waals surface area (Å²) in [4.78, 5) is 2.47. The molecule has 0 spiro atoms. The van der Waals surface area contributed by atoms with Crippen molar-refractivity contribution in [2.75, 3.05) is 24.6 Å². The van der Waals surface area contributed by atoms with Gasteiger partial charge in [0.25, 0.3) is 0 Å². The molecule has 5 heteroatoms. The number of halogens is 1. The van der Waals surface area contributed by atoms with Gasteiger partial charge in [-0.15, -0.1) is 0 Å². The molecular formula is C23H27FN2O2. The molecule has 2 aromatic carbocycles. The zero-order valence-corrected chi connectivity index (χ0v) is 16.0. The molecule has 3 atom stereocenters. The van der Waals surface area contributed by atoms with Gasteiger partial charge in [-0.1, -0.05) is 18.2 Å². The van der Waals surface area contributed by atoms with Crippen molar-refractivity contribution >= 4 is 5.69 Å². The minimum Gasteiger partial charge on any atom is -0.486 e. The first-order chi connectivity index (χ1) is 13.8. The molecule has 3 aliphatic heterocycles. The number of anilines is 1. The van der Waals surface area contributed by atoms with E-state index in [0.717, 1.165) is 30.3 Å². The van der Waals surface area contributed by atoms with Crippen LogP contribution in [0.2, 0.25) is 0 Å². The van der Waals surface area contributed by atoms with Gasteiger partial charge in [0, 0.05) is 24.3 Å². The molecule has 2 saturated heterocycles. The van der Waals surface area contributed by atoms with E-state index < -0.39 is 0 Å². The van der Waals surface area contributed by atoms with Crippen LogP contribution >= 0.6 is 0 Å². The second-order valence-electron chi connectivity index (χ2n) is 8.27. The number of rotatable bonds is 5.